The molecule has 20 heavy (non-hydrogen) atoms. The highest BCUT2D eigenvalue weighted by Gasteiger charge is 2.42. The van der Waals surface area contributed by atoms with Crippen molar-refractivity contribution in [3.05, 3.63) is 19.2 Å². The smallest absolute Gasteiger partial charge is 0.0843 e. The molecule has 2 saturated heterocycles. The van der Waals surface area contributed by atoms with Gasteiger partial charge in [-0.05, 0) is 75.9 Å². The van der Waals surface area contributed by atoms with Crippen LogP contribution in [0.5, 0.6) is 0 Å². The number of rotatable bonds is 3. The topological polar surface area (TPSA) is 21.3 Å². The number of nitrogens with one attached hydrogen (secondary N) is 1. The van der Waals surface area contributed by atoms with Crippen LogP contribution < -0.4 is 5.32 Å². The van der Waals surface area contributed by atoms with Crippen LogP contribution in [0.3, 0.4) is 0 Å². The average molecular weight is 441 g/mol. The van der Waals surface area contributed by atoms with Crippen LogP contribution in [0.25, 0.3) is 0 Å². The van der Waals surface area contributed by atoms with Crippen molar-refractivity contribution in [3.8, 4) is 0 Å². The Kier molecular flexibility index (Phi) is 5.21. The van der Waals surface area contributed by atoms with E-state index >= 15 is 0 Å². The van der Waals surface area contributed by atoms with Gasteiger partial charge in [0.2, 0.25) is 0 Å². The van der Waals surface area contributed by atoms with Gasteiger partial charge in [0.1, 0.15) is 0 Å². The van der Waals surface area contributed by atoms with E-state index in [1.807, 2.05) is 23.1 Å². The highest BCUT2D eigenvalue weighted by molar-refractivity contribution is 9.13. The first-order chi connectivity index (χ1) is 9.63. The first kappa shape index (κ1) is 15.8. The van der Waals surface area contributed by atoms with Gasteiger partial charge >= 0.3 is 0 Å². The van der Waals surface area contributed by atoms with Gasteiger partial charge in [0.25, 0.3) is 0 Å². The summed E-state index contributed by atoms with van der Waals surface area (Å²) in [7, 11) is 2.08. The summed E-state index contributed by atoms with van der Waals surface area (Å²) in [6, 6.07) is 2.69. The van der Waals surface area contributed by atoms with Gasteiger partial charge in [-0.25, -0.2) is 0 Å². The molecule has 3 rings (SSSR count). The first-order valence-corrected chi connectivity index (χ1v) is 10.5. The second kappa shape index (κ2) is 6.59. The SMILES string of the molecule is CNC(c1cc(Br)c(Br)s1)C1CCOC2(CCSC2)C1. The van der Waals surface area contributed by atoms with Gasteiger partial charge in [0, 0.05) is 27.8 Å². The van der Waals surface area contributed by atoms with E-state index in [9.17, 15) is 0 Å². The molecule has 2 fully saturated rings. The van der Waals surface area contributed by atoms with Crippen molar-refractivity contribution < 1.29 is 4.74 Å². The van der Waals surface area contributed by atoms with E-state index in [0.717, 1.165) is 17.5 Å². The summed E-state index contributed by atoms with van der Waals surface area (Å²) in [6.07, 6.45) is 3.58. The molecule has 1 N–H and O–H groups in total. The van der Waals surface area contributed by atoms with E-state index in [1.165, 1.54) is 33.0 Å². The lowest BCUT2D eigenvalue weighted by Crippen LogP contribution is -2.43. The molecule has 0 aromatic carbocycles. The van der Waals surface area contributed by atoms with Crippen molar-refractivity contribution in [3.63, 3.8) is 0 Å². The van der Waals surface area contributed by atoms with E-state index in [4.69, 9.17) is 4.74 Å². The van der Waals surface area contributed by atoms with Crippen LogP contribution in [0, 0.1) is 5.92 Å². The lowest BCUT2D eigenvalue weighted by molar-refractivity contribution is -0.0848. The third-order valence-corrected chi connectivity index (χ3v) is 8.91. The summed E-state index contributed by atoms with van der Waals surface area (Å²) in [5.41, 5.74) is 0.161. The molecule has 0 radical (unpaired) electrons. The Morgan fingerprint density at radius 3 is 2.95 bits per heavy atom. The standard InChI is InChI=1S/C14H19Br2NOS2/c1-17-12(11-6-10(15)13(16)20-11)9-2-4-18-14(7-9)3-5-19-8-14/h6,9,12,17H,2-5,7-8H2,1H3. The van der Waals surface area contributed by atoms with Crippen LogP contribution in [-0.2, 0) is 4.74 Å². The van der Waals surface area contributed by atoms with Gasteiger partial charge in [-0.15, -0.1) is 11.3 Å². The van der Waals surface area contributed by atoms with Crippen molar-refractivity contribution in [2.75, 3.05) is 25.2 Å². The normalized spacial score (nSPS) is 31.9. The largest absolute Gasteiger partial charge is 0.374 e. The summed E-state index contributed by atoms with van der Waals surface area (Å²) < 4.78 is 8.50. The number of ether oxygens (including phenoxy) is 1. The molecule has 0 saturated carbocycles. The van der Waals surface area contributed by atoms with Crippen molar-refractivity contribution in [2.45, 2.75) is 30.9 Å². The third kappa shape index (κ3) is 3.15. The minimum Gasteiger partial charge on any atom is -0.374 e. The number of thioether (sulfide) groups is 1. The zero-order valence-electron chi connectivity index (χ0n) is 11.5. The molecule has 3 heterocycles. The Bertz CT molecular complexity index is 454. The van der Waals surface area contributed by atoms with Gasteiger partial charge in [0.05, 0.1) is 9.39 Å². The molecule has 112 valence electrons. The fourth-order valence-electron chi connectivity index (χ4n) is 3.34. The molecule has 6 heteroatoms. The van der Waals surface area contributed by atoms with E-state index in [-0.39, 0.29) is 5.60 Å². The minimum atomic E-state index is 0.161. The summed E-state index contributed by atoms with van der Waals surface area (Å²) in [6.45, 7) is 0.914. The summed E-state index contributed by atoms with van der Waals surface area (Å²) in [5.74, 6) is 3.11. The Hall–Kier alpha value is 0.930. The second-order valence-electron chi connectivity index (χ2n) is 5.62. The van der Waals surface area contributed by atoms with Crippen LogP contribution in [0.4, 0.5) is 0 Å². The van der Waals surface area contributed by atoms with Gasteiger partial charge < -0.3 is 10.1 Å². The molecular formula is C14H19Br2NOS2. The van der Waals surface area contributed by atoms with Gasteiger partial charge in [-0.2, -0.15) is 11.8 Å². The number of thiophene rings is 1. The zero-order chi connectivity index (χ0) is 14.2. The molecule has 0 amide bonds. The zero-order valence-corrected chi connectivity index (χ0v) is 16.3. The predicted molar refractivity (Wildman–Crippen MR) is 94.9 cm³/mol. The lowest BCUT2D eigenvalue weighted by Gasteiger charge is -2.40. The lowest BCUT2D eigenvalue weighted by atomic mass is 9.81. The molecule has 2 aliphatic heterocycles. The average Bonchev–Trinajstić information content (AvgIpc) is 2.99. The van der Waals surface area contributed by atoms with Crippen LogP contribution in [0.2, 0.25) is 0 Å². The molecule has 3 atom stereocenters. The highest BCUT2D eigenvalue weighted by Crippen LogP contribution is 2.46. The molecule has 1 spiro atoms. The van der Waals surface area contributed by atoms with Crippen LogP contribution in [-0.4, -0.2) is 30.8 Å². The number of halogens is 2. The number of hydrogen-bond donors (Lipinski definition) is 1. The second-order valence-corrected chi connectivity index (χ2v) is 9.98. The molecular weight excluding hydrogens is 422 g/mol. The first-order valence-electron chi connectivity index (χ1n) is 6.97. The van der Waals surface area contributed by atoms with Gasteiger partial charge in [0.15, 0.2) is 0 Å². The molecule has 2 nitrogen and oxygen atoms in total. The van der Waals surface area contributed by atoms with Crippen LogP contribution >= 0.6 is 55.0 Å². The Morgan fingerprint density at radius 2 is 2.35 bits per heavy atom. The maximum Gasteiger partial charge on any atom is 0.0843 e. The summed E-state index contributed by atoms with van der Waals surface area (Å²) in [5, 5.41) is 3.54. The van der Waals surface area contributed by atoms with Crippen LogP contribution in [0.15, 0.2) is 14.3 Å². The van der Waals surface area contributed by atoms with Crippen molar-refractivity contribution in [1.29, 1.82) is 0 Å². The Labute approximate surface area is 145 Å². The molecule has 1 aromatic rings. The number of hydrogen-bond acceptors (Lipinski definition) is 4. The fraction of sp³-hybridized carbons (Fsp3) is 0.714. The van der Waals surface area contributed by atoms with E-state index in [2.05, 4.69) is 50.3 Å². The van der Waals surface area contributed by atoms with Crippen LogP contribution in [0.1, 0.15) is 30.2 Å². The van der Waals surface area contributed by atoms with Crippen molar-refractivity contribution in [1.82, 2.24) is 5.32 Å². The van der Waals surface area contributed by atoms with E-state index < -0.39 is 0 Å². The molecule has 1 aromatic heterocycles. The monoisotopic (exact) mass is 439 g/mol. The highest BCUT2D eigenvalue weighted by atomic mass is 79.9. The summed E-state index contributed by atoms with van der Waals surface area (Å²) >= 11 is 11.1. The molecule has 2 aliphatic rings. The van der Waals surface area contributed by atoms with E-state index in [0.29, 0.717) is 12.0 Å². The quantitative estimate of drug-likeness (QED) is 0.726. The van der Waals surface area contributed by atoms with Crippen molar-refractivity contribution in [2.24, 2.45) is 5.92 Å². The molecule has 3 unspecified atom stereocenters. The minimum absolute atomic E-state index is 0.161. The molecule has 0 aliphatic carbocycles. The maximum atomic E-state index is 6.15. The van der Waals surface area contributed by atoms with Crippen molar-refractivity contribution >= 4 is 55.0 Å². The maximum absolute atomic E-state index is 6.15. The molecule has 0 bridgehead atoms. The third-order valence-electron chi connectivity index (χ3n) is 4.35. The summed E-state index contributed by atoms with van der Waals surface area (Å²) in [4.78, 5) is 1.42. The Morgan fingerprint density at radius 1 is 1.50 bits per heavy atom. The van der Waals surface area contributed by atoms with E-state index in [1.54, 1.807) is 0 Å². The van der Waals surface area contributed by atoms with Gasteiger partial charge in [-0.3, -0.25) is 0 Å². The predicted octanol–water partition coefficient (Wildman–Crippen LogP) is 4.84. The van der Waals surface area contributed by atoms with Gasteiger partial charge in [-0.1, -0.05) is 0 Å². The fourth-order valence-corrected chi connectivity index (χ4v) is 7.01. The Balaban J connectivity index is 1.78.